The van der Waals surface area contributed by atoms with Gasteiger partial charge in [0.2, 0.25) is 0 Å². The average molecular weight is 419 g/mol. The number of aromatic nitrogens is 2. The lowest BCUT2D eigenvalue weighted by Crippen LogP contribution is -2.51. The Morgan fingerprint density at radius 2 is 2.10 bits per heavy atom. The van der Waals surface area contributed by atoms with E-state index in [4.69, 9.17) is 10.2 Å². The predicted octanol–water partition coefficient (Wildman–Crippen LogP) is 3.50. The van der Waals surface area contributed by atoms with Crippen molar-refractivity contribution in [1.29, 1.82) is 0 Å². The highest BCUT2D eigenvalue weighted by Gasteiger charge is 2.44. The summed E-state index contributed by atoms with van der Waals surface area (Å²) in [4.78, 5) is 22.7. The zero-order valence-corrected chi connectivity index (χ0v) is 16.1. The van der Waals surface area contributed by atoms with Gasteiger partial charge < -0.3 is 20.4 Å². The smallest absolute Gasteiger partial charge is 0.393 e. The summed E-state index contributed by atoms with van der Waals surface area (Å²) in [5, 5.41) is 2.75. The second-order valence-electron chi connectivity index (χ2n) is 7.37. The molecule has 0 radical (unpaired) electrons. The molecule has 2 atom stereocenters. The van der Waals surface area contributed by atoms with Crippen LogP contribution in [0.1, 0.15) is 22.5 Å². The van der Waals surface area contributed by atoms with Crippen molar-refractivity contribution in [3.63, 3.8) is 0 Å². The van der Waals surface area contributed by atoms with Gasteiger partial charge in [-0.1, -0.05) is 0 Å². The Kier molecular flexibility index (Phi) is 5.10. The van der Waals surface area contributed by atoms with E-state index in [2.05, 4.69) is 15.3 Å². The van der Waals surface area contributed by atoms with E-state index < -0.39 is 24.0 Å². The van der Waals surface area contributed by atoms with Gasteiger partial charge in [-0.3, -0.25) is 14.8 Å². The number of piperidine rings is 1. The summed E-state index contributed by atoms with van der Waals surface area (Å²) in [5.41, 5.74) is 7.77. The van der Waals surface area contributed by atoms with Crippen LogP contribution in [0.5, 0.6) is 0 Å². The Balaban J connectivity index is 1.64. The van der Waals surface area contributed by atoms with Crippen LogP contribution < -0.4 is 16.0 Å². The fourth-order valence-corrected chi connectivity index (χ4v) is 3.83. The highest BCUT2D eigenvalue weighted by atomic mass is 19.4. The maximum atomic E-state index is 13.3. The molecule has 3 aromatic rings. The summed E-state index contributed by atoms with van der Waals surface area (Å²) >= 11 is 0. The van der Waals surface area contributed by atoms with Crippen molar-refractivity contribution in [2.45, 2.75) is 25.6 Å². The number of furan rings is 1. The molecular weight excluding hydrogens is 399 g/mol. The van der Waals surface area contributed by atoms with Crippen LogP contribution in [0.4, 0.5) is 24.5 Å². The second-order valence-corrected chi connectivity index (χ2v) is 7.37. The number of nitrogens with zero attached hydrogens (tertiary/aromatic N) is 3. The highest BCUT2D eigenvalue weighted by Crippen LogP contribution is 2.36. The first-order valence-electron chi connectivity index (χ1n) is 9.40. The third-order valence-corrected chi connectivity index (χ3v) is 5.18. The number of amides is 1. The van der Waals surface area contributed by atoms with Crippen molar-refractivity contribution in [3.8, 4) is 0 Å². The quantitative estimate of drug-likeness (QED) is 0.675. The fourth-order valence-electron chi connectivity index (χ4n) is 3.83. The molecular formula is C20H20F3N5O2. The number of hydrogen-bond acceptors (Lipinski definition) is 6. The summed E-state index contributed by atoms with van der Waals surface area (Å²) in [7, 11) is 0. The number of fused-ring (bicyclic) bond motifs is 1. The van der Waals surface area contributed by atoms with Crippen LogP contribution in [-0.2, 0) is 0 Å². The van der Waals surface area contributed by atoms with Crippen LogP contribution in [0.25, 0.3) is 11.1 Å². The number of nitrogens with one attached hydrogen (secondary N) is 1. The van der Waals surface area contributed by atoms with Crippen LogP contribution in [0.2, 0.25) is 0 Å². The van der Waals surface area contributed by atoms with Gasteiger partial charge in [0.15, 0.2) is 5.58 Å². The van der Waals surface area contributed by atoms with Gasteiger partial charge in [0.1, 0.15) is 16.8 Å². The van der Waals surface area contributed by atoms with Crippen LogP contribution in [-0.4, -0.2) is 41.2 Å². The van der Waals surface area contributed by atoms with Gasteiger partial charge in [0, 0.05) is 31.5 Å². The van der Waals surface area contributed by atoms with E-state index in [0.29, 0.717) is 28.2 Å². The molecule has 1 aliphatic rings. The average Bonchev–Trinajstić information content (AvgIpc) is 3.03. The second kappa shape index (κ2) is 7.60. The van der Waals surface area contributed by atoms with Crippen LogP contribution in [0.3, 0.4) is 0 Å². The Morgan fingerprint density at radius 3 is 2.87 bits per heavy atom. The van der Waals surface area contributed by atoms with Gasteiger partial charge in [-0.15, -0.1) is 0 Å². The van der Waals surface area contributed by atoms with Gasteiger partial charge in [0.05, 0.1) is 23.5 Å². The Labute approximate surface area is 170 Å². The topological polar surface area (TPSA) is 97.3 Å². The molecule has 7 nitrogen and oxygen atoms in total. The maximum absolute atomic E-state index is 13.3. The maximum Gasteiger partial charge on any atom is 0.393 e. The molecule has 0 spiro atoms. The number of aryl methyl sites for hydroxylation is 1. The molecule has 3 aromatic heterocycles. The number of halogens is 3. The first-order valence-corrected chi connectivity index (χ1v) is 9.40. The van der Waals surface area contributed by atoms with Crippen LogP contribution in [0, 0.1) is 12.8 Å². The van der Waals surface area contributed by atoms with Gasteiger partial charge in [0.25, 0.3) is 5.91 Å². The van der Waals surface area contributed by atoms with Gasteiger partial charge >= 0.3 is 6.18 Å². The summed E-state index contributed by atoms with van der Waals surface area (Å²) in [6.45, 7) is 1.66. The number of carbonyl (C=O) groups excluding carboxylic acids is 1. The Morgan fingerprint density at radius 1 is 1.30 bits per heavy atom. The van der Waals surface area contributed by atoms with Crippen molar-refractivity contribution in [2.75, 3.05) is 23.3 Å². The lowest BCUT2D eigenvalue weighted by molar-refractivity contribution is -0.177. The van der Waals surface area contributed by atoms with Crippen molar-refractivity contribution in [2.24, 2.45) is 11.7 Å². The van der Waals surface area contributed by atoms with E-state index in [1.807, 2.05) is 0 Å². The Hall–Kier alpha value is -3.14. The van der Waals surface area contributed by atoms with E-state index in [0.717, 1.165) is 0 Å². The molecule has 1 saturated heterocycles. The normalized spacial score (nSPS) is 19.8. The molecule has 0 saturated carbocycles. The minimum atomic E-state index is -4.34. The number of nitrogens with two attached hydrogens (primary N) is 1. The first kappa shape index (κ1) is 20.1. The molecule has 158 valence electrons. The fraction of sp³-hybridized carbons (Fsp3) is 0.350. The van der Waals surface area contributed by atoms with Gasteiger partial charge in [-0.05, 0) is 31.5 Å². The lowest BCUT2D eigenvalue weighted by Gasteiger charge is -2.39. The summed E-state index contributed by atoms with van der Waals surface area (Å²) < 4.78 is 45.5. The van der Waals surface area contributed by atoms with E-state index in [1.165, 1.54) is 12.4 Å². The molecule has 0 aliphatic carbocycles. The molecule has 1 amide bonds. The largest absolute Gasteiger partial charge is 0.459 e. The van der Waals surface area contributed by atoms with E-state index in [1.54, 1.807) is 36.2 Å². The summed E-state index contributed by atoms with van der Waals surface area (Å²) in [6.07, 6.45) is -0.0470. The highest BCUT2D eigenvalue weighted by molar-refractivity contribution is 6.13. The van der Waals surface area contributed by atoms with Gasteiger partial charge in [-0.2, -0.15) is 13.2 Å². The number of rotatable bonds is 3. The number of carbonyl (C=O) groups is 1. The van der Waals surface area contributed by atoms with E-state index in [9.17, 15) is 18.0 Å². The third-order valence-electron chi connectivity index (χ3n) is 5.18. The molecule has 1 aliphatic heterocycles. The van der Waals surface area contributed by atoms with E-state index >= 15 is 0 Å². The third kappa shape index (κ3) is 3.82. The molecule has 1 fully saturated rings. The Bertz CT molecular complexity index is 1080. The number of alkyl halides is 3. The molecule has 0 bridgehead atoms. The lowest BCUT2D eigenvalue weighted by atomic mass is 9.93. The monoisotopic (exact) mass is 419 g/mol. The van der Waals surface area contributed by atoms with Crippen molar-refractivity contribution in [3.05, 3.63) is 48.1 Å². The van der Waals surface area contributed by atoms with Crippen LogP contribution >= 0.6 is 0 Å². The minimum Gasteiger partial charge on any atom is -0.459 e. The standard InChI is InChI=1S/C20H20F3N5O2/c1-11-17(18-16(30-11)3-2-5-26-18)19(29)27-14-8-25-6-4-15(14)28-9-12(20(21,22)23)7-13(24)10-28/h2-6,8,12-13H,7,9-10,24H2,1H3,(H,27,29)/t12-,13+/m1/s1. The molecule has 3 N–H and O–H groups in total. The number of pyridine rings is 2. The zero-order valence-electron chi connectivity index (χ0n) is 16.1. The number of anilines is 2. The van der Waals surface area contributed by atoms with Crippen molar-refractivity contribution < 1.29 is 22.4 Å². The van der Waals surface area contributed by atoms with Gasteiger partial charge in [-0.25, -0.2) is 0 Å². The van der Waals surface area contributed by atoms with Crippen LogP contribution in [0.15, 0.2) is 41.2 Å². The summed E-state index contributed by atoms with van der Waals surface area (Å²) in [6, 6.07) is 4.34. The zero-order chi connectivity index (χ0) is 21.5. The molecule has 0 aromatic carbocycles. The van der Waals surface area contributed by atoms with E-state index in [-0.39, 0.29) is 25.1 Å². The number of hydrogen-bond donors (Lipinski definition) is 2. The predicted molar refractivity (Wildman–Crippen MR) is 105 cm³/mol. The van der Waals surface area contributed by atoms with Crippen molar-refractivity contribution in [1.82, 2.24) is 9.97 Å². The molecule has 10 heteroatoms. The minimum absolute atomic E-state index is 0.126. The first-order chi connectivity index (χ1) is 14.2. The molecule has 30 heavy (non-hydrogen) atoms. The molecule has 4 heterocycles. The van der Waals surface area contributed by atoms with Crippen molar-refractivity contribution >= 4 is 28.4 Å². The molecule has 4 rings (SSSR count). The summed E-state index contributed by atoms with van der Waals surface area (Å²) in [5.74, 6) is -1.63. The SMILES string of the molecule is Cc1oc2cccnc2c1C(=O)Nc1cnccc1N1C[C@@H](N)C[C@@H](C(F)(F)F)C1. The molecule has 0 unspecified atom stereocenters.